The molecule has 0 radical (unpaired) electrons. The molecule has 13 heavy (non-hydrogen) atoms. The van der Waals surface area contributed by atoms with Gasteiger partial charge in [0.25, 0.3) is 0 Å². The quantitative estimate of drug-likeness (QED) is 0.477. The van der Waals surface area contributed by atoms with Gasteiger partial charge in [-0.05, 0) is 38.5 Å². The van der Waals surface area contributed by atoms with Crippen molar-refractivity contribution in [3.05, 3.63) is 23.8 Å². The molecule has 1 unspecified atom stereocenters. The third kappa shape index (κ3) is 4.07. The number of allylic oxidation sites excluding steroid dienone is 4. The lowest BCUT2D eigenvalue weighted by atomic mass is 9.92. The fraction of sp³-hybridized carbons (Fsp3) is 0.583. The summed E-state index contributed by atoms with van der Waals surface area (Å²) in [7, 11) is 0. The van der Waals surface area contributed by atoms with Crippen molar-refractivity contribution >= 4 is 6.29 Å². The van der Waals surface area contributed by atoms with Crippen LogP contribution in [-0.4, -0.2) is 6.29 Å². The van der Waals surface area contributed by atoms with Crippen LogP contribution in [0.15, 0.2) is 23.8 Å². The number of hydrogen-bond donors (Lipinski definition) is 0. The Hall–Kier alpha value is -0.850. The van der Waals surface area contributed by atoms with Crippen molar-refractivity contribution in [1.29, 1.82) is 0 Å². The van der Waals surface area contributed by atoms with Crippen LogP contribution in [0, 0.1) is 5.92 Å². The molecule has 72 valence electrons. The van der Waals surface area contributed by atoms with E-state index < -0.39 is 0 Å². The number of carbonyl (C=O) groups is 1. The molecule has 0 aromatic rings. The largest absolute Gasteiger partial charge is 0.303 e. The topological polar surface area (TPSA) is 17.1 Å². The Morgan fingerprint density at radius 1 is 1.54 bits per heavy atom. The van der Waals surface area contributed by atoms with Crippen LogP contribution in [0.5, 0.6) is 0 Å². The monoisotopic (exact) mass is 178 g/mol. The van der Waals surface area contributed by atoms with Crippen LogP contribution in [0.2, 0.25) is 0 Å². The van der Waals surface area contributed by atoms with Crippen molar-refractivity contribution in [2.45, 2.75) is 39.0 Å². The summed E-state index contributed by atoms with van der Waals surface area (Å²) in [6, 6.07) is 0. The molecule has 0 aromatic heterocycles. The Kier molecular flexibility index (Phi) is 4.52. The molecule has 0 spiro atoms. The third-order valence-electron chi connectivity index (χ3n) is 2.49. The van der Waals surface area contributed by atoms with E-state index in [-0.39, 0.29) is 0 Å². The predicted octanol–water partition coefficient (Wildman–Crippen LogP) is 3.27. The predicted molar refractivity (Wildman–Crippen MR) is 55.5 cm³/mol. The fourth-order valence-corrected chi connectivity index (χ4v) is 1.74. The highest BCUT2D eigenvalue weighted by molar-refractivity contribution is 5.49. The first kappa shape index (κ1) is 10.2. The van der Waals surface area contributed by atoms with E-state index in [1.165, 1.54) is 24.8 Å². The van der Waals surface area contributed by atoms with E-state index in [4.69, 9.17) is 0 Å². The number of carbonyl (C=O) groups excluding carboxylic acids is 1. The van der Waals surface area contributed by atoms with E-state index in [1.807, 2.05) is 0 Å². The number of aldehydes is 1. The Morgan fingerprint density at radius 2 is 2.38 bits per heavy atom. The molecule has 0 N–H and O–H groups in total. The molecule has 0 saturated carbocycles. The summed E-state index contributed by atoms with van der Waals surface area (Å²) in [6.07, 6.45) is 13.1. The average molecular weight is 178 g/mol. The van der Waals surface area contributed by atoms with Crippen molar-refractivity contribution in [3.8, 4) is 0 Å². The minimum atomic E-state index is 0.672. The summed E-state index contributed by atoms with van der Waals surface area (Å²) in [4.78, 5) is 10.2. The molecule has 0 bridgehead atoms. The van der Waals surface area contributed by atoms with Crippen LogP contribution in [0.1, 0.15) is 39.0 Å². The third-order valence-corrected chi connectivity index (χ3v) is 2.49. The van der Waals surface area contributed by atoms with E-state index in [2.05, 4.69) is 25.2 Å². The summed E-state index contributed by atoms with van der Waals surface area (Å²) in [5.74, 6) is 0.719. The zero-order valence-corrected chi connectivity index (χ0v) is 8.33. The van der Waals surface area contributed by atoms with E-state index in [9.17, 15) is 4.79 Å². The van der Waals surface area contributed by atoms with Crippen LogP contribution in [-0.2, 0) is 4.79 Å². The molecule has 0 aromatic carbocycles. The zero-order valence-electron chi connectivity index (χ0n) is 8.33. The Bertz CT molecular complexity index is 213. The van der Waals surface area contributed by atoms with Crippen molar-refractivity contribution in [2.75, 3.05) is 0 Å². The molecule has 1 rings (SSSR count). The maximum atomic E-state index is 10.2. The van der Waals surface area contributed by atoms with Gasteiger partial charge in [0, 0.05) is 6.42 Å². The maximum absolute atomic E-state index is 10.2. The summed E-state index contributed by atoms with van der Waals surface area (Å²) >= 11 is 0. The van der Waals surface area contributed by atoms with Gasteiger partial charge in [-0.3, -0.25) is 0 Å². The number of hydrogen-bond acceptors (Lipinski definition) is 1. The van der Waals surface area contributed by atoms with Gasteiger partial charge in [0.2, 0.25) is 0 Å². The Morgan fingerprint density at radius 3 is 3.00 bits per heavy atom. The second-order valence-electron chi connectivity index (χ2n) is 3.76. The van der Waals surface area contributed by atoms with E-state index in [0.717, 1.165) is 18.6 Å². The average Bonchev–Trinajstić information content (AvgIpc) is 2.16. The van der Waals surface area contributed by atoms with E-state index in [0.29, 0.717) is 6.42 Å². The van der Waals surface area contributed by atoms with Crippen LogP contribution in [0.3, 0.4) is 0 Å². The van der Waals surface area contributed by atoms with E-state index in [1.54, 1.807) is 0 Å². The SMILES string of the molecule is C/C(=C\C1CC=CCC1)CCC=O. The number of rotatable bonds is 4. The highest BCUT2D eigenvalue weighted by atomic mass is 16.1. The fourth-order valence-electron chi connectivity index (χ4n) is 1.74. The van der Waals surface area contributed by atoms with Crippen molar-refractivity contribution < 1.29 is 4.79 Å². The molecular formula is C12H18O. The molecule has 1 atom stereocenters. The van der Waals surface area contributed by atoms with Gasteiger partial charge < -0.3 is 4.79 Å². The molecule has 0 aliphatic heterocycles. The maximum Gasteiger partial charge on any atom is 0.120 e. The molecule has 1 aliphatic rings. The summed E-state index contributed by atoms with van der Waals surface area (Å²) in [6.45, 7) is 2.13. The summed E-state index contributed by atoms with van der Waals surface area (Å²) < 4.78 is 0. The summed E-state index contributed by atoms with van der Waals surface area (Å²) in [5.41, 5.74) is 1.37. The minimum Gasteiger partial charge on any atom is -0.303 e. The van der Waals surface area contributed by atoms with Crippen molar-refractivity contribution in [1.82, 2.24) is 0 Å². The van der Waals surface area contributed by atoms with Gasteiger partial charge in [0.05, 0.1) is 0 Å². The highest BCUT2D eigenvalue weighted by Crippen LogP contribution is 2.21. The zero-order chi connectivity index (χ0) is 9.52. The lowest BCUT2D eigenvalue weighted by molar-refractivity contribution is -0.107. The van der Waals surface area contributed by atoms with Crippen LogP contribution in [0.4, 0.5) is 0 Å². The molecule has 0 heterocycles. The molecule has 1 aliphatic carbocycles. The van der Waals surface area contributed by atoms with Crippen LogP contribution in [0.25, 0.3) is 0 Å². The van der Waals surface area contributed by atoms with Gasteiger partial charge in [-0.15, -0.1) is 0 Å². The van der Waals surface area contributed by atoms with Gasteiger partial charge in [0.15, 0.2) is 0 Å². The Balaban J connectivity index is 2.34. The molecular weight excluding hydrogens is 160 g/mol. The van der Waals surface area contributed by atoms with Gasteiger partial charge in [-0.1, -0.05) is 23.8 Å². The molecule has 0 saturated heterocycles. The molecule has 1 heteroatoms. The van der Waals surface area contributed by atoms with Crippen LogP contribution >= 0.6 is 0 Å². The minimum absolute atomic E-state index is 0.672. The van der Waals surface area contributed by atoms with E-state index >= 15 is 0 Å². The van der Waals surface area contributed by atoms with Gasteiger partial charge in [0.1, 0.15) is 6.29 Å². The smallest absolute Gasteiger partial charge is 0.120 e. The first-order valence-electron chi connectivity index (χ1n) is 5.09. The van der Waals surface area contributed by atoms with Crippen molar-refractivity contribution in [3.63, 3.8) is 0 Å². The molecule has 0 fully saturated rings. The van der Waals surface area contributed by atoms with Gasteiger partial charge in [-0.25, -0.2) is 0 Å². The summed E-state index contributed by atoms with van der Waals surface area (Å²) in [5, 5.41) is 0. The highest BCUT2D eigenvalue weighted by Gasteiger charge is 2.06. The van der Waals surface area contributed by atoms with Gasteiger partial charge >= 0.3 is 0 Å². The first-order valence-corrected chi connectivity index (χ1v) is 5.09. The molecule has 1 nitrogen and oxygen atoms in total. The lowest BCUT2D eigenvalue weighted by Gasteiger charge is -2.14. The molecule has 0 amide bonds. The Labute approximate surface area is 80.5 Å². The second-order valence-corrected chi connectivity index (χ2v) is 3.76. The van der Waals surface area contributed by atoms with Crippen molar-refractivity contribution in [2.24, 2.45) is 5.92 Å². The normalized spacial score (nSPS) is 23.2. The lowest BCUT2D eigenvalue weighted by Crippen LogP contribution is -1.99. The van der Waals surface area contributed by atoms with Gasteiger partial charge in [-0.2, -0.15) is 0 Å². The standard InChI is InChI=1S/C12H18O/c1-11(6-5-9-13)10-12-7-3-2-4-8-12/h2-3,9-10,12H,4-8H2,1H3/b11-10+. The second kappa shape index (κ2) is 5.74. The first-order chi connectivity index (χ1) is 6.33. The van der Waals surface area contributed by atoms with Crippen LogP contribution < -0.4 is 0 Å².